The molecule has 1 aliphatic heterocycles. The maximum Gasteiger partial charge on any atom is 0.237 e. The van der Waals surface area contributed by atoms with E-state index < -0.39 is 15.1 Å². The SMILES string of the molecule is C=CCn1c(S[C@H](C)C(=O)Nc2cccc(Cl)c2)nnc1[C@@H]1CCS(=O)(=O)C1. The Balaban J connectivity index is 1.74. The smallest absolute Gasteiger partial charge is 0.237 e. The summed E-state index contributed by atoms with van der Waals surface area (Å²) in [5.41, 5.74) is 0.620. The minimum atomic E-state index is -3.03. The summed E-state index contributed by atoms with van der Waals surface area (Å²) in [4.78, 5) is 12.5. The molecular weight excluding hydrogens is 420 g/mol. The molecule has 1 fully saturated rings. The second kappa shape index (κ2) is 8.67. The normalized spacial score (nSPS) is 19.3. The molecule has 1 amide bonds. The number of allylic oxidation sites excluding steroid dienone is 1. The number of nitrogens with one attached hydrogen (secondary N) is 1. The van der Waals surface area contributed by atoms with Crippen LogP contribution < -0.4 is 5.32 Å². The number of thioether (sulfide) groups is 1. The number of halogens is 1. The van der Waals surface area contributed by atoms with E-state index in [4.69, 9.17) is 11.6 Å². The van der Waals surface area contributed by atoms with Crippen LogP contribution in [0.5, 0.6) is 0 Å². The van der Waals surface area contributed by atoms with Crippen LogP contribution in [0.25, 0.3) is 0 Å². The molecule has 7 nitrogen and oxygen atoms in total. The lowest BCUT2D eigenvalue weighted by Gasteiger charge is -2.14. The van der Waals surface area contributed by atoms with E-state index in [1.807, 2.05) is 4.57 Å². The molecule has 2 heterocycles. The number of carbonyl (C=O) groups excluding carboxylic acids is 1. The van der Waals surface area contributed by atoms with E-state index in [-0.39, 0.29) is 23.3 Å². The summed E-state index contributed by atoms with van der Waals surface area (Å²) in [6.07, 6.45) is 2.24. The van der Waals surface area contributed by atoms with E-state index >= 15 is 0 Å². The van der Waals surface area contributed by atoms with E-state index in [9.17, 15) is 13.2 Å². The summed E-state index contributed by atoms with van der Waals surface area (Å²) in [6.45, 7) is 5.98. The highest BCUT2D eigenvalue weighted by Gasteiger charge is 2.33. The Hall–Kier alpha value is -1.84. The monoisotopic (exact) mass is 440 g/mol. The van der Waals surface area contributed by atoms with Gasteiger partial charge in [0.1, 0.15) is 5.82 Å². The fourth-order valence-corrected chi connectivity index (χ4v) is 5.81. The second-order valence-electron chi connectivity index (χ2n) is 6.60. The van der Waals surface area contributed by atoms with Crippen molar-refractivity contribution in [1.82, 2.24) is 14.8 Å². The molecule has 1 saturated heterocycles. The van der Waals surface area contributed by atoms with E-state index in [1.165, 1.54) is 11.8 Å². The number of hydrogen-bond donors (Lipinski definition) is 1. The van der Waals surface area contributed by atoms with Crippen LogP contribution in [0.1, 0.15) is 25.1 Å². The number of rotatable bonds is 7. The standard InChI is InChI=1S/C18H21ClN4O3S2/c1-3-8-23-16(13-7-9-28(25,26)11-13)21-22-18(23)27-12(2)17(24)20-15-6-4-5-14(19)10-15/h3-6,10,12-13H,1,7-9,11H2,2H3,(H,20,24)/t12-,13-/m1/s1. The average Bonchev–Trinajstić information content (AvgIpc) is 3.18. The fraction of sp³-hybridized carbons (Fsp3) is 0.389. The number of amides is 1. The lowest BCUT2D eigenvalue weighted by atomic mass is 10.1. The molecule has 0 saturated carbocycles. The number of benzene rings is 1. The van der Waals surface area contributed by atoms with Crippen LogP contribution in [0.3, 0.4) is 0 Å². The zero-order valence-electron chi connectivity index (χ0n) is 15.3. The van der Waals surface area contributed by atoms with Gasteiger partial charge >= 0.3 is 0 Å². The van der Waals surface area contributed by atoms with Crippen LogP contribution in [-0.4, -0.2) is 45.8 Å². The van der Waals surface area contributed by atoms with Crippen LogP contribution in [-0.2, 0) is 21.2 Å². The van der Waals surface area contributed by atoms with Crippen molar-refractivity contribution in [2.24, 2.45) is 0 Å². The molecule has 10 heteroatoms. The van der Waals surface area contributed by atoms with Gasteiger partial charge in [0.25, 0.3) is 0 Å². The Morgan fingerprint density at radius 2 is 2.29 bits per heavy atom. The lowest BCUT2D eigenvalue weighted by Crippen LogP contribution is -2.23. The average molecular weight is 441 g/mol. The van der Waals surface area contributed by atoms with Gasteiger partial charge in [0, 0.05) is 23.2 Å². The lowest BCUT2D eigenvalue weighted by molar-refractivity contribution is -0.115. The van der Waals surface area contributed by atoms with Crippen LogP contribution in [0.4, 0.5) is 5.69 Å². The number of aromatic nitrogens is 3. The summed E-state index contributed by atoms with van der Waals surface area (Å²) in [6, 6.07) is 6.94. The zero-order chi connectivity index (χ0) is 20.3. The first kappa shape index (κ1) is 20.9. The van der Waals surface area contributed by atoms with Gasteiger partial charge in [-0.3, -0.25) is 4.79 Å². The molecule has 1 aromatic carbocycles. The van der Waals surface area contributed by atoms with Crippen LogP contribution >= 0.6 is 23.4 Å². The first-order valence-electron chi connectivity index (χ1n) is 8.76. The minimum Gasteiger partial charge on any atom is -0.325 e. The van der Waals surface area contributed by atoms with Gasteiger partial charge in [0.15, 0.2) is 15.0 Å². The third-order valence-corrected chi connectivity index (χ3v) is 7.48. The minimum absolute atomic E-state index is 0.0811. The van der Waals surface area contributed by atoms with E-state index in [0.29, 0.717) is 34.7 Å². The third kappa shape index (κ3) is 4.95. The highest BCUT2D eigenvalue weighted by Crippen LogP contribution is 2.31. The molecule has 0 unspecified atom stereocenters. The van der Waals surface area contributed by atoms with E-state index in [2.05, 4.69) is 22.1 Å². The molecule has 1 aromatic heterocycles. The molecule has 0 radical (unpaired) electrons. The van der Waals surface area contributed by atoms with Crippen molar-refractivity contribution >= 4 is 44.8 Å². The molecule has 1 aliphatic rings. The van der Waals surface area contributed by atoms with Crippen LogP contribution in [0.15, 0.2) is 42.1 Å². The number of carbonyl (C=O) groups is 1. The molecule has 0 spiro atoms. The topological polar surface area (TPSA) is 93.9 Å². The van der Waals surface area contributed by atoms with Crippen molar-refractivity contribution in [2.75, 3.05) is 16.8 Å². The van der Waals surface area contributed by atoms with Crippen molar-refractivity contribution in [3.63, 3.8) is 0 Å². The first-order valence-corrected chi connectivity index (χ1v) is 11.8. The predicted octanol–water partition coefficient (Wildman–Crippen LogP) is 3.14. The van der Waals surface area contributed by atoms with Crippen molar-refractivity contribution in [2.45, 2.75) is 36.2 Å². The van der Waals surface area contributed by atoms with Crippen molar-refractivity contribution in [1.29, 1.82) is 0 Å². The number of nitrogens with zero attached hydrogens (tertiary/aromatic N) is 3. The number of anilines is 1. The maximum atomic E-state index is 12.5. The highest BCUT2D eigenvalue weighted by molar-refractivity contribution is 8.00. The summed E-state index contributed by atoms with van der Waals surface area (Å²) in [5.74, 6) is 0.510. The van der Waals surface area contributed by atoms with Crippen LogP contribution in [0.2, 0.25) is 5.02 Å². The van der Waals surface area contributed by atoms with Gasteiger partial charge in [0.05, 0.1) is 16.8 Å². The van der Waals surface area contributed by atoms with Crippen molar-refractivity contribution in [3.05, 3.63) is 47.8 Å². The van der Waals surface area contributed by atoms with Gasteiger partial charge in [-0.15, -0.1) is 16.8 Å². The number of hydrogen-bond acceptors (Lipinski definition) is 6. The summed E-state index contributed by atoms with van der Waals surface area (Å²) < 4.78 is 25.5. The van der Waals surface area contributed by atoms with Crippen LogP contribution in [0, 0.1) is 0 Å². The van der Waals surface area contributed by atoms with Gasteiger partial charge in [-0.05, 0) is 31.5 Å². The molecule has 0 bridgehead atoms. The molecular formula is C18H21ClN4O3S2. The molecule has 28 heavy (non-hydrogen) atoms. The summed E-state index contributed by atoms with van der Waals surface area (Å²) in [5, 5.41) is 11.9. The molecule has 2 atom stereocenters. The van der Waals surface area contributed by atoms with E-state index in [0.717, 1.165) is 0 Å². The molecule has 2 aromatic rings. The molecule has 150 valence electrons. The Labute approximate surface area is 173 Å². The second-order valence-corrected chi connectivity index (χ2v) is 10.6. The number of sulfone groups is 1. The van der Waals surface area contributed by atoms with Gasteiger partial charge in [-0.1, -0.05) is 35.5 Å². The molecule has 1 N–H and O–H groups in total. The van der Waals surface area contributed by atoms with Gasteiger partial charge in [0.2, 0.25) is 5.91 Å². The summed E-state index contributed by atoms with van der Waals surface area (Å²) in [7, 11) is -3.03. The Bertz CT molecular complexity index is 990. The highest BCUT2D eigenvalue weighted by atomic mass is 35.5. The first-order chi connectivity index (χ1) is 13.3. The van der Waals surface area contributed by atoms with E-state index in [1.54, 1.807) is 37.3 Å². The van der Waals surface area contributed by atoms with Crippen molar-refractivity contribution < 1.29 is 13.2 Å². The third-order valence-electron chi connectivity index (χ3n) is 4.40. The largest absolute Gasteiger partial charge is 0.325 e. The Kier molecular flexibility index (Phi) is 6.47. The van der Waals surface area contributed by atoms with Gasteiger partial charge in [-0.2, -0.15) is 0 Å². The molecule has 3 rings (SSSR count). The zero-order valence-corrected chi connectivity index (χ0v) is 17.7. The quantitative estimate of drug-likeness (QED) is 0.525. The van der Waals surface area contributed by atoms with Crippen molar-refractivity contribution in [3.8, 4) is 0 Å². The predicted molar refractivity (Wildman–Crippen MR) is 112 cm³/mol. The maximum absolute atomic E-state index is 12.5. The fourth-order valence-electron chi connectivity index (χ4n) is 3.01. The van der Waals surface area contributed by atoms with Gasteiger partial charge < -0.3 is 9.88 Å². The Morgan fingerprint density at radius 3 is 2.93 bits per heavy atom. The summed E-state index contributed by atoms with van der Waals surface area (Å²) >= 11 is 7.22. The Morgan fingerprint density at radius 1 is 1.50 bits per heavy atom. The van der Waals surface area contributed by atoms with Gasteiger partial charge in [-0.25, -0.2) is 8.42 Å². The molecule has 0 aliphatic carbocycles.